The summed E-state index contributed by atoms with van der Waals surface area (Å²) < 4.78 is 0. The molecule has 0 spiro atoms. The Labute approximate surface area is 137 Å². The van der Waals surface area contributed by atoms with Gasteiger partial charge in [0.2, 0.25) is 0 Å². The number of carbonyl (C=O) groups is 1. The number of hydrogen-bond donors (Lipinski definition) is 2. The minimum atomic E-state index is -0.0775. The van der Waals surface area contributed by atoms with Gasteiger partial charge in [-0.1, -0.05) is 19.9 Å². The lowest BCUT2D eigenvalue weighted by atomic mass is 9.91. The molecule has 0 radical (unpaired) electrons. The van der Waals surface area contributed by atoms with E-state index < -0.39 is 0 Å². The molecule has 0 saturated carbocycles. The van der Waals surface area contributed by atoms with Crippen LogP contribution >= 0.6 is 11.3 Å². The van der Waals surface area contributed by atoms with Gasteiger partial charge in [0, 0.05) is 49.1 Å². The van der Waals surface area contributed by atoms with Gasteiger partial charge in [-0.3, -0.25) is 4.90 Å². The van der Waals surface area contributed by atoms with Gasteiger partial charge in [0.05, 0.1) is 0 Å². The molecular weight excluding hydrogens is 296 g/mol. The van der Waals surface area contributed by atoms with Crippen molar-refractivity contribution in [3.8, 4) is 0 Å². The van der Waals surface area contributed by atoms with Gasteiger partial charge in [0.15, 0.2) is 0 Å². The highest BCUT2D eigenvalue weighted by molar-refractivity contribution is 7.10. The first-order chi connectivity index (χ1) is 10.4. The van der Waals surface area contributed by atoms with E-state index in [4.69, 9.17) is 0 Å². The minimum absolute atomic E-state index is 0.0344. The Morgan fingerprint density at radius 1 is 1.36 bits per heavy atom. The lowest BCUT2D eigenvalue weighted by Gasteiger charge is -2.37. The quantitative estimate of drug-likeness (QED) is 0.864. The summed E-state index contributed by atoms with van der Waals surface area (Å²) in [4.78, 5) is 18.0. The van der Waals surface area contributed by atoms with Crippen molar-refractivity contribution in [2.45, 2.75) is 25.3 Å². The monoisotopic (exact) mass is 324 g/mol. The van der Waals surface area contributed by atoms with E-state index in [2.05, 4.69) is 65.9 Å². The van der Waals surface area contributed by atoms with Crippen molar-refractivity contribution in [2.24, 2.45) is 0 Å². The van der Waals surface area contributed by atoms with E-state index in [1.54, 1.807) is 11.3 Å². The van der Waals surface area contributed by atoms with Gasteiger partial charge in [-0.15, -0.1) is 11.3 Å². The molecule has 0 bridgehead atoms. The summed E-state index contributed by atoms with van der Waals surface area (Å²) in [5.74, 6) is 0. The van der Waals surface area contributed by atoms with Gasteiger partial charge in [-0.25, -0.2) is 4.79 Å². The van der Waals surface area contributed by atoms with Gasteiger partial charge in [-0.2, -0.15) is 0 Å². The smallest absolute Gasteiger partial charge is 0.314 e. The molecule has 2 amide bonds. The minimum Gasteiger partial charge on any atom is -0.337 e. The van der Waals surface area contributed by atoms with Crippen LogP contribution in [0.3, 0.4) is 0 Å². The number of rotatable bonds is 5. The van der Waals surface area contributed by atoms with Crippen LogP contribution in [0.25, 0.3) is 0 Å². The maximum absolute atomic E-state index is 12.0. The SMILES string of the molecule is CN1CCN(C)C(CNC(=O)NCC(C)(C)c2cccs2)C1. The number of amides is 2. The van der Waals surface area contributed by atoms with Crippen molar-refractivity contribution in [1.29, 1.82) is 0 Å². The Hall–Kier alpha value is -1.11. The van der Waals surface area contributed by atoms with Crippen molar-refractivity contribution in [1.82, 2.24) is 20.4 Å². The van der Waals surface area contributed by atoms with Crippen LogP contribution in [0.15, 0.2) is 17.5 Å². The largest absolute Gasteiger partial charge is 0.337 e. The Balaban J connectivity index is 1.74. The summed E-state index contributed by atoms with van der Waals surface area (Å²) in [6, 6.07) is 4.48. The Morgan fingerprint density at radius 3 is 2.82 bits per heavy atom. The zero-order chi connectivity index (χ0) is 16.2. The number of nitrogens with zero attached hydrogens (tertiary/aromatic N) is 2. The number of piperazine rings is 1. The van der Waals surface area contributed by atoms with Crippen molar-refractivity contribution in [3.63, 3.8) is 0 Å². The Bertz CT molecular complexity index is 475. The topological polar surface area (TPSA) is 47.6 Å². The van der Waals surface area contributed by atoms with Crippen molar-refractivity contribution in [3.05, 3.63) is 22.4 Å². The molecule has 1 fully saturated rings. The molecule has 124 valence electrons. The van der Waals surface area contributed by atoms with Gasteiger partial charge in [0.1, 0.15) is 0 Å². The molecule has 22 heavy (non-hydrogen) atoms. The molecule has 1 unspecified atom stereocenters. The molecule has 5 nitrogen and oxygen atoms in total. The number of nitrogens with one attached hydrogen (secondary N) is 2. The van der Waals surface area contributed by atoms with Crippen LogP contribution in [-0.4, -0.2) is 68.7 Å². The van der Waals surface area contributed by atoms with E-state index in [0.717, 1.165) is 19.6 Å². The maximum atomic E-state index is 12.0. The van der Waals surface area contributed by atoms with Gasteiger partial charge in [0.25, 0.3) is 0 Å². The van der Waals surface area contributed by atoms with Crippen LogP contribution in [-0.2, 0) is 5.41 Å². The Morgan fingerprint density at radius 2 is 2.14 bits per heavy atom. The van der Waals surface area contributed by atoms with Crippen LogP contribution in [0.4, 0.5) is 4.79 Å². The molecule has 0 aromatic carbocycles. The molecule has 1 saturated heterocycles. The summed E-state index contributed by atoms with van der Waals surface area (Å²) in [5.41, 5.74) is -0.0344. The normalized spacial score (nSPS) is 20.8. The number of likely N-dealkylation sites (N-methyl/N-ethyl adjacent to an activating group) is 2. The fraction of sp³-hybridized carbons (Fsp3) is 0.688. The highest BCUT2D eigenvalue weighted by Gasteiger charge is 2.24. The first kappa shape index (κ1) is 17.2. The standard InChI is InChI=1S/C16H28N4OS/c1-16(2,14-6-5-9-22-14)12-18-15(21)17-10-13-11-19(3)7-8-20(13)4/h5-6,9,13H,7-8,10-12H2,1-4H3,(H2,17,18,21). The van der Waals surface area contributed by atoms with Crippen LogP contribution in [0.5, 0.6) is 0 Å². The maximum Gasteiger partial charge on any atom is 0.314 e. The first-order valence-corrected chi connectivity index (χ1v) is 8.71. The summed E-state index contributed by atoms with van der Waals surface area (Å²) >= 11 is 1.73. The summed E-state index contributed by atoms with van der Waals surface area (Å²) in [6.07, 6.45) is 0. The molecular formula is C16H28N4OS. The zero-order valence-electron chi connectivity index (χ0n) is 14.1. The molecule has 6 heteroatoms. The molecule has 2 N–H and O–H groups in total. The molecule has 1 aromatic rings. The summed E-state index contributed by atoms with van der Waals surface area (Å²) in [6.45, 7) is 8.78. The van der Waals surface area contributed by atoms with E-state index >= 15 is 0 Å². The zero-order valence-corrected chi connectivity index (χ0v) is 14.9. The molecule has 1 aliphatic heterocycles. The van der Waals surface area contributed by atoms with Crippen molar-refractivity contribution in [2.75, 3.05) is 46.8 Å². The second kappa shape index (κ2) is 7.44. The number of urea groups is 1. The second-order valence-electron chi connectivity index (χ2n) is 6.82. The first-order valence-electron chi connectivity index (χ1n) is 7.83. The number of thiophene rings is 1. The Kier molecular flexibility index (Phi) is 5.83. The molecule has 2 heterocycles. The van der Waals surface area contributed by atoms with Crippen molar-refractivity contribution >= 4 is 17.4 Å². The molecule has 2 rings (SSSR count). The van der Waals surface area contributed by atoms with Crippen molar-refractivity contribution < 1.29 is 4.79 Å². The third-order valence-electron chi connectivity index (χ3n) is 4.36. The average molecular weight is 324 g/mol. The molecule has 1 aromatic heterocycles. The van der Waals surface area contributed by atoms with E-state index in [1.807, 2.05) is 0 Å². The van der Waals surface area contributed by atoms with Crippen LogP contribution in [0, 0.1) is 0 Å². The third kappa shape index (κ3) is 4.69. The summed E-state index contributed by atoms with van der Waals surface area (Å²) in [7, 11) is 4.25. The fourth-order valence-corrected chi connectivity index (χ4v) is 3.50. The molecule has 1 atom stereocenters. The van der Waals surface area contributed by atoms with Gasteiger partial charge < -0.3 is 15.5 Å². The number of hydrogen-bond acceptors (Lipinski definition) is 4. The number of carbonyl (C=O) groups excluding carboxylic acids is 1. The lowest BCUT2D eigenvalue weighted by molar-refractivity contribution is 0.114. The summed E-state index contributed by atoms with van der Waals surface area (Å²) in [5, 5.41) is 8.08. The third-order valence-corrected chi connectivity index (χ3v) is 5.59. The lowest BCUT2D eigenvalue weighted by Crippen LogP contribution is -2.55. The van der Waals surface area contributed by atoms with Gasteiger partial charge in [-0.05, 0) is 25.5 Å². The average Bonchev–Trinajstić information content (AvgIpc) is 3.01. The molecule has 0 aliphatic carbocycles. The highest BCUT2D eigenvalue weighted by atomic mass is 32.1. The molecule has 1 aliphatic rings. The van der Waals surface area contributed by atoms with E-state index in [-0.39, 0.29) is 11.4 Å². The highest BCUT2D eigenvalue weighted by Crippen LogP contribution is 2.26. The second-order valence-corrected chi connectivity index (χ2v) is 7.77. The van der Waals surface area contributed by atoms with Gasteiger partial charge >= 0.3 is 6.03 Å². The van der Waals surface area contributed by atoms with E-state index in [0.29, 0.717) is 19.1 Å². The van der Waals surface area contributed by atoms with Crippen LogP contribution in [0.1, 0.15) is 18.7 Å². The van der Waals surface area contributed by atoms with Crippen LogP contribution in [0.2, 0.25) is 0 Å². The predicted molar refractivity (Wildman–Crippen MR) is 92.7 cm³/mol. The van der Waals surface area contributed by atoms with E-state index in [9.17, 15) is 4.79 Å². The van der Waals surface area contributed by atoms with Crippen LogP contribution < -0.4 is 10.6 Å². The predicted octanol–water partition coefficient (Wildman–Crippen LogP) is 1.57. The fourth-order valence-electron chi connectivity index (χ4n) is 2.65. The van der Waals surface area contributed by atoms with E-state index in [1.165, 1.54) is 4.88 Å².